The summed E-state index contributed by atoms with van der Waals surface area (Å²) in [7, 11) is 0. The lowest BCUT2D eigenvalue weighted by molar-refractivity contribution is 0.0956. The van der Waals surface area contributed by atoms with Crippen LogP contribution in [0.2, 0.25) is 5.15 Å². The minimum atomic E-state index is -0.142. The lowest BCUT2D eigenvalue weighted by atomic mass is 10.2. The molecule has 0 aliphatic heterocycles. The summed E-state index contributed by atoms with van der Waals surface area (Å²) in [6.07, 6.45) is 2.30. The van der Waals surface area contributed by atoms with Crippen molar-refractivity contribution in [2.45, 2.75) is 6.42 Å². The van der Waals surface area contributed by atoms with Crippen LogP contribution < -0.4 is 5.32 Å². The van der Waals surface area contributed by atoms with Gasteiger partial charge in [-0.15, -0.1) is 0 Å². The van der Waals surface area contributed by atoms with Crippen LogP contribution in [-0.2, 0) is 0 Å². The van der Waals surface area contributed by atoms with Crippen molar-refractivity contribution < 1.29 is 9.90 Å². The Morgan fingerprint density at radius 1 is 1.53 bits per heavy atom. The van der Waals surface area contributed by atoms with Crippen molar-refractivity contribution in [2.75, 3.05) is 24.7 Å². The first kappa shape index (κ1) is 14.3. The molecule has 0 spiro atoms. The van der Waals surface area contributed by atoms with Crippen molar-refractivity contribution in [3.63, 3.8) is 0 Å². The summed E-state index contributed by atoms with van der Waals surface area (Å²) in [5.41, 5.74) is 0.519. The predicted molar refractivity (Wildman–Crippen MR) is 70.6 cm³/mol. The maximum Gasteiger partial charge on any atom is 0.251 e. The van der Waals surface area contributed by atoms with E-state index in [4.69, 9.17) is 16.7 Å². The molecule has 0 aromatic carbocycles. The number of nitrogens with zero attached hydrogens (tertiary/aromatic N) is 1. The van der Waals surface area contributed by atoms with E-state index >= 15 is 0 Å². The molecule has 4 nitrogen and oxygen atoms in total. The van der Waals surface area contributed by atoms with Crippen molar-refractivity contribution in [1.29, 1.82) is 0 Å². The minimum Gasteiger partial charge on any atom is -0.396 e. The van der Waals surface area contributed by atoms with Crippen molar-refractivity contribution in [1.82, 2.24) is 10.3 Å². The Morgan fingerprint density at radius 3 is 3.06 bits per heavy atom. The number of carbonyl (C=O) groups is 1. The second-order valence-electron chi connectivity index (χ2n) is 3.31. The Labute approximate surface area is 110 Å². The highest BCUT2D eigenvalue weighted by atomic mass is 35.5. The SMILES string of the molecule is O=C(NCCSCCCO)c1ccnc(Cl)c1. The normalized spacial score (nSPS) is 10.2. The van der Waals surface area contributed by atoms with Gasteiger partial charge in [0, 0.05) is 30.7 Å². The molecule has 0 aliphatic rings. The average molecular weight is 275 g/mol. The number of aliphatic hydroxyl groups is 1. The molecule has 0 saturated heterocycles. The molecule has 1 heterocycles. The molecule has 1 rings (SSSR count). The topological polar surface area (TPSA) is 62.2 Å². The van der Waals surface area contributed by atoms with Gasteiger partial charge in [0.25, 0.3) is 5.91 Å². The predicted octanol–water partition coefficient (Wildman–Crippen LogP) is 1.58. The van der Waals surface area contributed by atoms with E-state index in [1.807, 2.05) is 0 Å². The molecular formula is C11H15ClN2O2S. The van der Waals surface area contributed by atoms with Crippen LogP contribution in [0.1, 0.15) is 16.8 Å². The molecule has 1 aromatic heterocycles. The van der Waals surface area contributed by atoms with Gasteiger partial charge < -0.3 is 10.4 Å². The lowest BCUT2D eigenvalue weighted by Crippen LogP contribution is -2.25. The lowest BCUT2D eigenvalue weighted by Gasteiger charge is -2.05. The smallest absolute Gasteiger partial charge is 0.251 e. The molecule has 6 heteroatoms. The highest BCUT2D eigenvalue weighted by Gasteiger charge is 2.04. The minimum absolute atomic E-state index is 0.142. The van der Waals surface area contributed by atoms with Crippen LogP contribution in [-0.4, -0.2) is 40.7 Å². The number of hydrogen-bond donors (Lipinski definition) is 2. The summed E-state index contributed by atoms with van der Waals surface area (Å²) in [5, 5.41) is 11.7. The van der Waals surface area contributed by atoms with Gasteiger partial charge in [-0.1, -0.05) is 11.6 Å². The summed E-state index contributed by atoms with van der Waals surface area (Å²) in [6.45, 7) is 0.823. The third-order valence-corrected chi connectivity index (χ3v) is 3.24. The molecule has 1 aromatic rings. The van der Waals surface area contributed by atoms with Crippen LogP contribution in [0.3, 0.4) is 0 Å². The molecule has 1 amide bonds. The average Bonchev–Trinajstić information content (AvgIpc) is 2.33. The third kappa shape index (κ3) is 5.91. The zero-order valence-corrected chi connectivity index (χ0v) is 10.9. The monoisotopic (exact) mass is 274 g/mol. The van der Waals surface area contributed by atoms with Gasteiger partial charge in [0.15, 0.2) is 0 Å². The number of aromatic nitrogens is 1. The van der Waals surface area contributed by atoms with Crippen LogP contribution in [0.15, 0.2) is 18.3 Å². The van der Waals surface area contributed by atoms with Crippen molar-refractivity contribution >= 4 is 29.3 Å². The molecule has 0 radical (unpaired) electrons. The van der Waals surface area contributed by atoms with E-state index in [1.165, 1.54) is 12.3 Å². The summed E-state index contributed by atoms with van der Waals surface area (Å²) in [4.78, 5) is 15.4. The van der Waals surface area contributed by atoms with Crippen molar-refractivity contribution in [3.05, 3.63) is 29.0 Å². The molecular weight excluding hydrogens is 260 g/mol. The van der Waals surface area contributed by atoms with Crippen LogP contribution in [0.25, 0.3) is 0 Å². The summed E-state index contributed by atoms with van der Waals surface area (Å²) < 4.78 is 0. The molecule has 0 atom stereocenters. The Hall–Kier alpha value is -0.780. The van der Waals surface area contributed by atoms with E-state index in [0.717, 1.165) is 17.9 Å². The molecule has 0 unspecified atom stereocenters. The summed E-state index contributed by atoms with van der Waals surface area (Å²) in [5.74, 6) is 1.61. The second-order valence-corrected chi connectivity index (χ2v) is 4.92. The number of thioether (sulfide) groups is 1. The highest BCUT2D eigenvalue weighted by Crippen LogP contribution is 2.07. The summed E-state index contributed by atoms with van der Waals surface area (Å²) in [6, 6.07) is 3.16. The van der Waals surface area contributed by atoms with E-state index in [-0.39, 0.29) is 12.5 Å². The first-order chi connectivity index (χ1) is 8.24. The molecule has 94 valence electrons. The van der Waals surface area contributed by atoms with Crippen LogP contribution in [0.4, 0.5) is 0 Å². The quantitative estimate of drug-likeness (QED) is 0.585. The fourth-order valence-electron chi connectivity index (χ4n) is 1.15. The Kier molecular flexibility index (Phi) is 7.00. The van der Waals surface area contributed by atoms with Crippen LogP contribution in [0.5, 0.6) is 0 Å². The fraction of sp³-hybridized carbons (Fsp3) is 0.455. The van der Waals surface area contributed by atoms with Gasteiger partial charge in [0.2, 0.25) is 0 Å². The van der Waals surface area contributed by atoms with E-state index in [2.05, 4.69) is 10.3 Å². The van der Waals surface area contributed by atoms with Gasteiger partial charge in [0.05, 0.1) is 0 Å². The fourth-order valence-corrected chi connectivity index (χ4v) is 2.11. The number of pyridine rings is 1. The van der Waals surface area contributed by atoms with Crippen LogP contribution in [0, 0.1) is 0 Å². The van der Waals surface area contributed by atoms with Crippen LogP contribution >= 0.6 is 23.4 Å². The Balaban J connectivity index is 2.21. The van der Waals surface area contributed by atoms with Gasteiger partial charge in [0.1, 0.15) is 5.15 Å². The first-order valence-corrected chi connectivity index (χ1v) is 6.85. The van der Waals surface area contributed by atoms with Gasteiger partial charge in [-0.25, -0.2) is 4.98 Å². The molecule has 0 saturated carbocycles. The number of nitrogens with one attached hydrogen (secondary N) is 1. The second kappa shape index (κ2) is 8.33. The number of carbonyl (C=O) groups excluding carboxylic acids is 1. The summed E-state index contributed by atoms with van der Waals surface area (Å²) >= 11 is 7.39. The molecule has 2 N–H and O–H groups in total. The van der Waals surface area contributed by atoms with Gasteiger partial charge in [-0.3, -0.25) is 4.79 Å². The number of amides is 1. The van der Waals surface area contributed by atoms with Crippen molar-refractivity contribution in [2.24, 2.45) is 0 Å². The third-order valence-electron chi connectivity index (χ3n) is 1.97. The number of hydrogen-bond acceptors (Lipinski definition) is 4. The molecule has 17 heavy (non-hydrogen) atoms. The largest absolute Gasteiger partial charge is 0.396 e. The standard InChI is InChI=1S/C11H15ClN2O2S/c12-10-8-9(2-3-13-10)11(16)14-4-7-17-6-1-5-15/h2-3,8,15H,1,4-7H2,(H,14,16). The Bertz CT molecular complexity index is 363. The molecule has 0 aliphatic carbocycles. The maximum atomic E-state index is 11.6. The van der Waals surface area contributed by atoms with E-state index in [9.17, 15) is 4.79 Å². The highest BCUT2D eigenvalue weighted by molar-refractivity contribution is 7.99. The van der Waals surface area contributed by atoms with E-state index in [1.54, 1.807) is 17.8 Å². The zero-order chi connectivity index (χ0) is 12.5. The number of rotatable bonds is 7. The Morgan fingerprint density at radius 2 is 2.35 bits per heavy atom. The zero-order valence-electron chi connectivity index (χ0n) is 9.36. The van der Waals surface area contributed by atoms with Gasteiger partial charge in [-0.2, -0.15) is 11.8 Å². The number of aliphatic hydroxyl groups excluding tert-OH is 1. The van der Waals surface area contributed by atoms with Gasteiger partial charge in [-0.05, 0) is 24.3 Å². The van der Waals surface area contributed by atoms with E-state index < -0.39 is 0 Å². The number of halogens is 1. The van der Waals surface area contributed by atoms with E-state index in [0.29, 0.717) is 17.3 Å². The maximum absolute atomic E-state index is 11.6. The van der Waals surface area contributed by atoms with Gasteiger partial charge >= 0.3 is 0 Å². The first-order valence-electron chi connectivity index (χ1n) is 5.32. The van der Waals surface area contributed by atoms with Crippen molar-refractivity contribution in [3.8, 4) is 0 Å². The molecule has 0 bridgehead atoms. The molecule has 0 fully saturated rings.